The van der Waals surface area contributed by atoms with Gasteiger partial charge < -0.3 is 24.8 Å². The van der Waals surface area contributed by atoms with Crippen molar-refractivity contribution >= 4 is 64.7 Å². The van der Waals surface area contributed by atoms with Gasteiger partial charge in [0.05, 0.1) is 34.3 Å². The molecule has 0 bridgehead atoms. The number of hydrogen-bond donors (Lipinski definition) is 3. The molecule has 0 radical (unpaired) electrons. The molecule has 0 saturated carbocycles. The highest BCUT2D eigenvalue weighted by molar-refractivity contribution is 14.1. The van der Waals surface area contributed by atoms with Crippen molar-refractivity contribution in [2.45, 2.75) is 64.8 Å². The Kier molecular flexibility index (Phi) is 10.6. The van der Waals surface area contributed by atoms with E-state index in [2.05, 4.69) is 47.8 Å². The van der Waals surface area contributed by atoms with Crippen LogP contribution in [-0.4, -0.2) is 42.3 Å². The molecule has 250 valence electrons. The van der Waals surface area contributed by atoms with E-state index in [-0.39, 0.29) is 29.6 Å². The summed E-state index contributed by atoms with van der Waals surface area (Å²) < 4.78 is 12.3. The van der Waals surface area contributed by atoms with Crippen LogP contribution in [0.3, 0.4) is 0 Å². The number of fused-ring (bicyclic) bond motifs is 3. The Morgan fingerprint density at radius 3 is 2.48 bits per heavy atom. The number of amides is 2. The Morgan fingerprint density at radius 2 is 1.79 bits per heavy atom. The van der Waals surface area contributed by atoms with Gasteiger partial charge in [-0.25, -0.2) is 0 Å². The number of hydrogen-bond acceptors (Lipinski definition) is 7. The van der Waals surface area contributed by atoms with Crippen LogP contribution in [0.4, 0.5) is 17.1 Å². The Labute approximate surface area is 296 Å². The third-order valence-corrected chi connectivity index (χ3v) is 10.7. The molecular weight excluding hydrogens is 718 g/mol. The van der Waals surface area contributed by atoms with E-state index in [9.17, 15) is 19.7 Å². The summed E-state index contributed by atoms with van der Waals surface area (Å²) >= 11 is 2.10. The van der Waals surface area contributed by atoms with Crippen molar-refractivity contribution < 1.29 is 29.1 Å². The van der Waals surface area contributed by atoms with Gasteiger partial charge in [0, 0.05) is 11.4 Å². The van der Waals surface area contributed by atoms with Crippen LogP contribution >= 0.6 is 22.6 Å². The largest absolute Gasteiger partial charge is 0.504 e. The zero-order valence-electron chi connectivity index (χ0n) is 27.6. The lowest BCUT2D eigenvalue weighted by molar-refractivity contribution is -0.122. The first-order chi connectivity index (χ1) is 23.2. The number of para-hydroxylation sites is 1. The van der Waals surface area contributed by atoms with Crippen LogP contribution in [0.15, 0.2) is 83.4 Å². The number of methoxy groups -OCH3 is 1. The highest BCUT2D eigenvalue weighted by atomic mass is 127. The monoisotopic (exact) mass is 760 g/mol. The summed E-state index contributed by atoms with van der Waals surface area (Å²) in [6.45, 7) is 4.24. The van der Waals surface area contributed by atoms with Crippen LogP contribution in [0.2, 0.25) is 6.32 Å². The van der Waals surface area contributed by atoms with Crippen LogP contribution in [0, 0.1) is 21.3 Å². The van der Waals surface area contributed by atoms with E-state index in [1.54, 1.807) is 7.11 Å². The number of halogens is 1. The Balaban J connectivity index is 1.24. The predicted molar refractivity (Wildman–Crippen MR) is 198 cm³/mol. The van der Waals surface area contributed by atoms with E-state index in [0.717, 1.165) is 48.2 Å². The molecule has 8 nitrogen and oxygen atoms in total. The fraction of sp³-hybridized carbons (Fsp3) is 0.368. The molecule has 1 aliphatic carbocycles. The molecule has 2 aliphatic heterocycles. The van der Waals surface area contributed by atoms with Gasteiger partial charge in [-0.15, -0.1) is 0 Å². The SMILES string of the molecule is CCCC1=C2[C@@H](CC/C(=C/c3cc(I)c(O)c(OC)c3)CC)OB(O)C[C@@H]2[C@@H]2C(=O)N(c3ccc(Nc4ccccc4)cc3)C(=O)[C@@H]2C1. The van der Waals surface area contributed by atoms with Crippen molar-refractivity contribution in [2.24, 2.45) is 17.8 Å². The molecule has 3 N–H and O–H groups in total. The van der Waals surface area contributed by atoms with Gasteiger partial charge in [0.25, 0.3) is 0 Å². The van der Waals surface area contributed by atoms with E-state index in [4.69, 9.17) is 9.39 Å². The Bertz CT molecular complexity index is 1730. The lowest BCUT2D eigenvalue weighted by Crippen LogP contribution is -2.46. The van der Waals surface area contributed by atoms with E-state index in [0.29, 0.717) is 34.2 Å². The number of imide groups is 1. The maximum Gasteiger partial charge on any atom is 0.455 e. The third-order valence-electron chi connectivity index (χ3n) is 9.87. The van der Waals surface area contributed by atoms with Gasteiger partial charge in [-0.2, -0.15) is 0 Å². The molecule has 3 aromatic carbocycles. The van der Waals surface area contributed by atoms with Gasteiger partial charge in [0.1, 0.15) is 0 Å². The number of ether oxygens (including phenoxy) is 1. The molecule has 3 aliphatic rings. The average Bonchev–Trinajstić information content (AvgIpc) is 3.33. The first-order valence-corrected chi connectivity index (χ1v) is 17.9. The standard InChI is InChI=1S/C38H42BIN2O6/c1-4-9-25-21-29-35(38(45)42(37(29)44)28-15-13-27(14-16-28)41-26-10-7-6-8-11-26)30-22-39(46)48-32(34(25)30)17-12-23(5-2)18-24-19-31(40)36(43)33(20-24)47-3/h6-8,10-11,13-16,18-20,29-30,32,35,41,43,46H,4-5,9,12,17,21-22H2,1-3H3/b23-18+/t29-,30+,32-,35-/m1/s1. The minimum absolute atomic E-state index is 0.130. The molecule has 0 aromatic heterocycles. The summed E-state index contributed by atoms with van der Waals surface area (Å²) in [5, 5.41) is 24.6. The zero-order chi connectivity index (χ0) is 33.9. The number of nitrogens with one attached hydrogen (secondary N) is 1. The number of rotatable bonds is 11. The molecule has 10 heteroatoms. The molecule has 2 heterocycles. The number of allylic oxidation sites excluding steroid dienone is 2. The topological polar surface area (TPSA) is 108 Å². The van der Waals surface area contributed by atoms with Crippen LogP contribution < -0.4 is 15.0 Å². The molecule has 0 unspecified atom stereocenters. The third kappa shape index (κ3) is 6.93. The van der Waals surface area contributed by atoms with E-state index >= 15 is 0 Å². The second-order valence-electron chi connectivity index (χ2n) is 12.9. The van der Waals surface area contributed by atoms with Crippen molar-refractivity contribution in [3.05, 3.63) is 92.6 Å². The summed E-state index contributed by atoms with van der Waals surface area (Å²) in [7, 11) is 0.530. The second kappa shape index (κ2) is 14.9. The minimum Gasteiger partial charge on any atom is -0.504 e. The van der Waals surface area contributed by atoms with Crippen molar-refractivity contribution in [1.29, 1.82) is 0 Å². The first kappa shape index (κ1) is 34.3. The summed E-state index contributed by atoms with van der Waals surface area (Å²) in [4.78, 5) is 29.5. The summed E-state index contributed by atoms with van der Waals surface area (Å²) in [5.41, 5.74) is 6.85. The van der Waals surface area contributed by atoms with Crippen molar-refractivity contribution in [3.63, 3.8) is 0 Å². The van der Waals surface area contributed by atoms with Gasteiger partial charge in [-0.3, -0.25) is 14.5 Å². The Hall–Kier alpha value is -3.61. The van der Waals surface area contributed by atoms with Crippen LogP contribution in [0.1, 0.15) is 57.9 Å². The second-order valence-corrected chi connectivity index (χ2v) is 14.0. The molecule has 2 fully saturated rings. The van der Waals surface area contributed by atoms with Crippen molar-refractivity contribution in [2.75, 3.05) is 17.3 Å². The molecule has 0 spiro atoms. The lowest BCUT2D eigenvalue weighted by atomic mass is 9.58. The quantitative estimate of drug-likeness (QED) is 0.0785. The molecule has 3 aromatic rings. The summed E-state index contributed by atoms with van der Waals surface area (Å²) in [6, 6.07) is 21.0. The highest BCUT2D eigenvalue weighted by Gasteiger charge is 2.57. The predicted octanol–water partition coefficient (Wildman–Crippen LogP) is 8.12. The van der Waals surface area contributed by atoms with Crippen LogP contribution in [0.25, 0.3) is 6.08 Å². The minimum atomic E-state index is -1.01. The molecule has 2 amide bonds. The molecule has 48 heavy (non-hydrogen) atoms. The molecule has 2 saturated heterocycles. The van der Waals surface area contributed by atoms with Gasteiger partial charge in [0.15, 0.2) is 11.5 Å². The maximum absolute atomic E-state index is 14.2. The Morgan fingerprint density at radius 1 is 1.06 bits per heavy atom. The number of carbonyl (C=O) groups is 2. The first-order valence-electron chi connectivity index (χ1n) is 16.8. The number of benzene rings is 3. The number of anilines is 3. The number of carbonyl (C=O) groups excluding carboxylic acids is 2. The van der Waals surface area contributed by atoms with E-state index in [1.165, 1.54) is 16.0 Å². The highest BCUT2D eigenvalue weighted by Crippen LogP contribution is 2.52. The number of phenolic OH excluding ortho intramolecular Hbond substituents is 1. The van der Waals surface area contributed by atoms with Crippen molar-refractivity contribution in [3.8, 4) is 11.5 Å². The lowest BCUT2D eigenvalue weighted by Gasteiger charge is -2.43. The molecule has 6 rings (SSSR count). The fourth-order valence-electron chi connectivity index (χ4n) is 7.67. The van der Waals surface area contributed by atoms with E-state index in [1.807, 2.05) is 66.7 Å². The number of phenols is 1. The number of nitrogens with zero attached hydrogens (tertiary/aromatic N) is 1. The van der Waals surface area contributed by atoms with Gasteiger partial charge >= 0.3 is 7.12 Å². The average molecular weight is 760 g/mol. The maximum atomic E-state index is 14.2. The zero-order valence-corrected chi connectivity index (χ0v) is 29.8. The number of aromatic hydroxyl groups is 1. The van der Waals surface area contributed by atoms with Crippen LogP contribution in [0.5, 0.6) is 11.5 Å². The normalized spacial score (nSPS) is 22.6. The van der Waals surface area contributed by atoms with Crippen molar-refractivity contribution in [1.82, 2.24) is 0 Å². The van der Waals surface area contributed by atoms with Gasteiger partial charge in [-0.05, 0) is 127 Å². The van der Waals surface area contributed by atoms with Crippen LogP contribution in [-0.2, 0) is 14.2 Å². The van der Waals surface area contributed by atoms with E-state index < -0.39 is 19.0 Å². The van der Waals surface area contributed by atoms with Gasteiger partial charge in [0.2, 0.25) is 11.8 Å². The smallest absolute Gasteiger partial charge is 0.455 e. The molecular formula is C38H42BIN2O6. The van der Waals surface area contributed by atoms with Gasteiger partial charge in [-0.1, -0.05) is 55.7 Å². The summed E-state index contributed by atoms with van der Waals surface area (Å²) in [6.07, 6.45) is 6.58. The summed E-state index contributed by atoms with van der Waals surface area (Å²) in [5.74, 6) is -1.01. The molecule has 4 atom stereocenters. The fourth-order valence-corrected chi connectivity index (χ4v) is 8.30.